The Balaban J connectivity index is 1.94. The van der Waals surface area contributed by atoms with Crippen molar-refractivity contribution in [1.29, 1.82) is 0 Å². The van der Waals surface area contributed by atoms with Gasteiger partial charge in [-0.3, -0.25) is 4.98 Å². The first-order chi connectivity index (χ1) is 22.1. The smallest absolute Gasteiger partial charge is 0.144 e. The van der Waals surface area contributed by atoms with Crippen molar-refractivity contribution in [2.45, 2.75) is 119 Å². The number of pyridine rings is 1. The van der Waals surface area contributed by atoms with Gasteiger partial charge in [-0.05, 0) is 75.3 Å². The highest BCUT2D eigenvalue weighted by Gasteiger charge is 2.30. The molecule has 2 heterocycles. The number of aromatic nitrogens is 3. The van der Waals surface area contributed by atoms with Crippen LogP contribution in [0, 0.1) is 5.92 Å². The van der Waals surface area contributed by atoms with Gasteiger partial charge in [-0.2, -0.15) is 0 Å². The third-order valence-corrected chi connectivity index (χ3v) is 11.4. The molecule has 0 amide bonds. The van der Waals surface area contributed by atoms with Gasteiger partial charge in [0, 0.05) is 29.4 Å². The fourth-order valence-corrected chi connectivity index (χ4v) is 7.49. The average molecular weight is 660 g/mol. The zero-order valence-corrected chi connectivity index (χ0v) is 32.9. The molecule has 0 aliphatic heterocycles. The zero-order chi connectivity index (χ0) is 35.6. The lowest BCUT2D eigenvalue weighted by Gasteiger charge is -2.27. The Morgan fingerprint density at radius 2 is 1.35 bits per heavy atom. The Kier molecular flexibility index (Phi) is 9.14. The van der Waals surface area contributed by atoms with E-state index in [2.05, 4.69) is 155 Å². The molecule has 0 atom stereocenters. The van der Waals surface area contributed by atoms with Crippen molar-refractivity contribution < 1.29 is 5.11 Å². The molecule has 0 aliphatic carbocycles. The summed E-state index contributed by atoms with van der Waals surface area (Å²) in [6.07, 6.45) is 1.87. The van der Waals surface area contributed by atoms with E-state index in [0.717, 1.165) is 56.9 Å². The lowest BCUT2D eigenvalue weighted by Crippen LogP contribution is -2.37. The first kappa shape index (κ1) is 35.6. The van der Waals surface area contributed by atoms with Crippen LogP contribution < -0.4 is 5.19 Å². The van der Waals surface area contributed by atoms with Gasteiger partial charge in [0.15, 0.2) is 0 Å². The molecular weight excluding hydrogens is 603 g/mol. The summed E-state index contributed by atoms with van der Waals surface area (Å²) in [6, 6.07) is 22.2. The van der Waals surface area contributed by atoms with Crippen molar-refractivity contribution >= 4 is 24.3 Å². The van der Waals surface area contributed by atoms with Crippen LogP contribution in [0.25, 0.3) is 44.8 Å². The number of rotatable bonds is 6. The van der Waals surface area contributed by atoms with Crippen molar-refractivity contribution in [2.24, 2.45) is 5.92 Å². The van der Waals surface area contributed by atoms with Gasteiger partial charge in [0.25, 0.3) is 0 Å². The predicted octanol–water partition coefficient (Wildman–Crippen LogP) is 11.2. The maximum absolute atomic E-state index is 12.1. The first-order valence-corrected chi connectivity index (χ1v) is 21.1. The Labute approximate surface area is 290 Å². The van der Waals surface area contributed by atoms with Gasteiger partial charge in [0.1, 0.15) is 11.6 Å². The summed E-state index contributed by atoms with van der Waals surface area (Å²) in [6.45, 7) is 32.6. The van der Waals surface area contributed by atoms with Crippen LogP contribution >= 0.6 is 0 Å². The molecule has 5 heteroatoms. The van der Waals surface area contributed by atoms with Gasteiger partial charge in [0.2, 0.25) is 0 Å². The second-order valence-corrected chi connectivity index (χ2v) is 23.3. The predicted molar refractivity (Wildman–Crippen MR) is 209 cm³/mol. The normalized spacial score (nSPS) is 13.1. The lowest BCUT2D eigenvalue weighted by atomic mass is 9.79. The minimum atomic E-state index is -1.76. The van der Waals surface area contributed by atoms with Crippen molar-refractivity contribution in [3.05, 3.63) is 83.6 Å². The van der Waals surface area contributed by atoms with E-state index in [1.807, 2.05) is 12.3 Å². The molecule has 3 aromatic carbocycles. The highest BCUT2D eigenvalue weighted by atomic mass is 28.3. The topological polar surface area (TPSA) is 50.9 Å². The van der Waals surface area contributed by atoms with Crippen molar-refractivity contribution in [1.82, 2.24) is 14.5 Å². The molecule has 5 rings (SSSR count). The number of phenolic OH excluding ortho intramolecular Hbond substituents is 1. The Bertz CT molecular complexity index is 1960. The van der Waals surface area contributed by atoms with Gasteiger partial charge in [-0.25, -0.2) is 4.98 Å². The molecule has 0 bridgehead atoms. The third kappa shape index (κ3) is 7.17. The molecule has 0 saturated carbocycles. The second kappa shape index (κ2) is 12.3. The lowest BCUT2D eigenvalue weighted by molar-refractivity contribution is 0.445. The zero-order valence-electron chi connectivity index (χ0n) is 31.9. The fourth-order valence-electron chi connectivity index (χ4n) is 6.34. The van der Waals surface area contributed by atoms with E-state index in [1.54, 1.807) is 0 Å². The SMILES string of the molecule is CC(C)Cn1c(-c2cc(C(C)(C)C)cc(C(C)(C)C)c2O)nc2c(-c3cc(-c4ccccn4)cc(C(C)(C)C)c3)cc([Si](C)(C)C)cc21. The quantitative estimate of drug-likeness (QED) is 0.185. The van der Waals surface area contributed by atoms with E-state index in [9.17, 15) is 5.11 Å². The van der Waals surface area contributed by atoms with Crippen molar-refractivity contribution in [3.63, 3.8) is 0 Å². The van der Waals surface area contributed by atoms with E-state index < -0.39 is 8.07 Å². The molecule has 0 spiro atoms. The standard InChI is InChI=1S/C43H57N3OSi/c1-27(2)26-46-37-25-32(48(12,13)14)24-33(28-19-29(36-17-15-16-18-44-36)21-30(20-28)41(3,4)5)38(37)45-40(46)34-22-31(42(6,7)8)23-35(39(34)47)43(9,10)11/h15-25,27,47H,26H2,1-14H3. The minimum Gasteiger partial charge on any atom is -0.507 e. The molecule has 1 N–H and O–H groups in total. The van der Waals surface area contributed by atoms with E-state index in [-0.39, 0.29) is 16.2 Å². The number of imidazole rings is 1. The van der Waals surface area contributed by atoms with Crippen LogP contribution in [0.4, 0.5) is 0 Å². The number of hydrogen-bond donors (Lipinski definition) is 1. The first-order valence-electron chi connectivity index (χ1n) is 17.6. The van der Waals surface area contributed by atoms with Crippen LogP contribution in [0.3, 0.4) is 0 Å². The highest BCUT2D eigenvalue weighted by Crippen LogP contribution is 2.44. The Morgan fingerprint density at radius 1 is 0.729 bits per heavy atom. The number of aromatic hydroxyl groups is 1. The molecule has 0 saturated heterocycles. The van der Waals surface area contributed by atoms with Gasteiger partial charge < -0.3 is 9.67 Å². The maximum atomic E-state index is 12.1. The molecule has 4 nitrogen and oxygen atoms in total. The van der Waals surface area contributed by atoms with E-state index >= 15 is 0 Å². The fraction of sp³-hybridized carbons (Fsp3) is 0.442. The van der Waals surface area contributed by atoms with Crippen molar-refractivity contribution in [3.8, 4) is 39.5 Å². The van der Waals surface area contributed by atoms with E-state index in [0.29, 0.717) is 11.7 Å². The second-order valence-electron chi connectivity index (χ2n) is 18.3. The number of phenols is 1. The summed E-state index contributed by atoms with van der Waals surface area (Å²) in [4.78, 5) is 10.3. The molecule has 0 radical (unpaired) electrons. The summed E-state index contributed by atoms with van der Waals surface area (Å²) < 4.78 is 2.38. The number of nitrogens with zero attached hydrogens (tertiary/aromatic N) is 3. The third-order valence-electron chi connectivity index (χ3n) is 9.36. The van der Waals surface area contributed by atoms with Gasteiger partial charge in [-0.1, -0.05) is 125 Å². The maximum Gasteiger partial charge on any atom is 0.144 e. The molecule has 48 heavy (non-hydrogen) atoms. The van der Waals surface area contributed by atoms with Crippen LogP contribution in [0.15, 0.2) is 66.9 Å². The van der Waals surface area contributed by atoms with Crippen LogP contribution in [0.1, 0.15) is 92.9 Å². The number of fused-ring (bicyclic) bond motifs is 1. The molecule has 2 aromatic heterocycles. The largest absolute Gasteiger partial charge is 0.507 e. The molecule has 0 fully saturated rings. The molecule has 0 unspecified atom stereocenters. The summed E-state index contributed by atoms with van der Waals surface area (Å²) >= 11 is 0. The van der Waals surface area contributed by atoms with Crippen LogP contribution in [-0.2, 0) is 22.8 Å². The van der Waals surface area contributed by atoms with Crippen molar-refractivity contribution in [2.75, 3.05) is 0 Å². The molecule has 5 aromatic rings. The van der Waals surface area contributed by atoms with E-state index in [4.69, 9.17) is 9.97 Å². The van der Waals surface area contributed by atoms with Crippen LogP contribution in [0.5, 0.6) is 5.75 Å². The number of benzene rings is 3. The summed E-state index contributed by atoms with van der Waals surface area (Å²) in [5.41, 5.74) is 10.3. The summed E-state index contributed by atoms with van der Waals surface area (Å²) in [7, 11) is -1.76. The minimum absolute atomic E-state index is 0.0558. The Morgan fingerprint density at radius 3 is 1.90 bits per heavy atom. The summed E-state index contributed by atoms with van der Waals surface area (Å²) in [5.74, 6) is 1.55. The van der Waals surface area contributed by atoms with Crippen LogP contribution in [-0.4, -0.2) is 27.7 Å². The van der Waals surface area contributed by atoms with Gasteiger partial charge >= 0.3 is 0 Å². The molecule has 0 aliphatic rings. The molecule has 254 valence electrons. The van der Waals surface area contributed by atoms with E-state index in [1.165, 1.54) is 16.3 Å². The van der Waals surface area contributed by atoms with Gasteiger partial charge in [0.05, 0.1) is 30.4 Å². The number of hydrogen-bond acceptors (Lipinski definition) is 3. The highest BCUT2D eigenvalue weighted by molar-refractivity contribution is 6.88. The van der Waals surface area contributed by atoms with Crippen LogP contribution in [0.2, 0.25) is 19.6 Å². The summed E-state index contributed by atoms with van der Waals surface area (Å²) in [5, 5.41) is 13.5. The molecular formula is C43H57N3OSi. The van der Waals surface area contributed by atoms with Gasteiger partial charge in [-0.15, -0.1) is 0 Å². The Hall–Kier alpha value is -3.70. The monoisotopic (exact) mass is 659 g/mol. The average Bonchev–Trinajstić information content (AvgIpc) is 3.32.